The van der Waals surface area contributed by atoms with Gasteiger partial charge in [0.2, 0.25) is 5.91 Å². The Bertz CT molecular complexity index is 520. The highest BCUT2D eigenvalue weighted by Crippen LogP contribution is 2.21. The number of nitrogens with zero attached hydrogens (tertiary/aromatic N) is 1. The summed E-state index contributed by atoms with van der Waals surface area (Å²) in [6, 6.07) is 3.29. The zero-order chi connectivity index (χ0) is 16.1. The van der Waals surface area contributed by atoms with Crippen LogP contribution in [0.4, 0.5) is 0 Å². The van der Waals surface area contributed by atoms with E-state index in [2.05, 4.69) is 10.6 Å². The summed E-state index contributed by atoms with van der Waals surface area (Å²) in [4.78, 5) is 28.1. The van der Waals surface area contributed by atoms with Crippen molar-refractivity contribution in [1.82, 2.24) is 15.5 Å². The summed E-state index contributed by atoms with van der Waals surface area (Å²) in [5, 5.41) is 8.26. The van der Waals surface area contributed by atoms with E-state index in [-0.39, 0.29) is 23.8 Å². The molecule has 5 nitrogen and oxygen atoms in total. The fourth-order valence-corrected chi connectivity index (χ4v) is 4.12. The lowest BCUT2D eigenvalue weighted by atomic mass is 9.88. The summed E-state index contributed by atoms with van der Waals surface area (Å²) in [7, 11) is 0. The average Bonchev–Trinajstić information content (AvgIpc) is 3.15. The van der Waals surface area contributed by atoms with Crippen LogP contribution in [-0.4, -0.2) is 48.9 Å². The molecule has 3 rings (SSSR count). The van der Waals surface area contributed by atoms with Crippen LogP contribution >= 0.6 is 11.3 Å². The van der Waals surface area contributed by atoms with E-state index in [1.165, 1.54) is 17.8 Å². The van der Waals surface area contributed by atoms with Gasteiger partial charge in [-0.1, -0.05) is 6.07 Å². The van der Waals surface area contributed by atoms with Crippen molar-refractivity contribution in [3.8, 4) is 0 Å². The summed E-state index contributed by atoms with van der Waals surface area (Å²) in [6.07, 6.45) is 5.22. The summed E-state index contributed by atoms with van der Waals surface area (Å²) in [6.45, 7) is 3.50. The Kier molecular flexibility index (Phi) is 5.67. The molecule has 2 amide bonds. The van der Waals surface area contributed by atoms with Gasteiger partial charge in [-0.3, -0.25) is 9.59 Å². The molecule has 2 N–H and O–H groups in total. The van der Waals surface area contributed by atoms with Gasteiger partial charge in [0, 0.05) is 13.1 Å². The second kappa shape index (κ2) is 7.93. The third kappa shape index (κ3) is 4.12. The van der Waals surface area contributed by atoms with Crippen LogP contribution in [0.15, 0.2) is 17.5 Å². The van der Waals surface area contributed by atoms with Crippen molar-refractivity contribution in [1.29, 1.82) is 0 Å². The number of rotatable bonds is 4. The number of carbonyl (C=O) groups excluding carboxylic acids is 2. The minimum Gasteiger partial charge on any atom is -0.341 e. The Labute approximate surface area is 141 Å². The number of carbonyl (C=O) groups is 2. The second-order valence-electron chi connectivity index (χ2n) is 6.40. The van der Waals surface area contributed by atoms with Crippen LogP contribution < -0.4 is 10.6 Å². The highest BCUT2D eigenvalue weighted by Gasteiger charge is 2.34. The van der Waals surface area contributed by atoms with Crippen molar-refractivity contribution >= 4 is 23.2 Å². The third-order valence-electron chi connectivity index (χ3n) is 4.82. The highest BCUT2D eigenvalue weighted by molar-refractivity contribution is 7.12. The van der Waals surface area contributed by atoms with Crippen LogP contribution in [0.5, 0.6) is 0 Å². The zero-order valence-electron chi connectivity index (χ0n) is 13.4. The van der Waals surface area contributed by atoms with Crippen molar-refractivity contribution < 1.29 is 9.59 Å². The molecule has 1 unspecified atom stereocenters. The molecule has 23 heavy (non-hydrogen) atoms. The zero-order valence-corrected chi connectivity index (χ0v) is 14.2. The van der Waals surface area contributed by atoms with Crippen molar-refractivity contribution in [3.63, 3.8) is 0 Å². The Morgan fingerprint density at radius 3 is 2.61 bits per heavy atom. The molecule has 2 aliphatic rings. The molecule has 126 valence electrons. The molecule has 0 aromatic carbocycles. The molecule has 0 bridgehead atoms. The van der Waals surface area contributed by atoms with Crippen molar-refractivity contribution in [3.05, 3.63) is 22.4 Å². The summed E-state index contributed by atoms with van der Waals surface area (Å²) in [5.41, 5.74) is 0. The lowest BCUT2D eigenvalue weighted by molar-refractivity contribution is -0.135. The van der Waals surface area contributed by atoms with E-state index in [0.29, 0.717) is 4.88 Å². The predicted octanol–water partition coefficient (Wildman–Crippen LogP) is 1.86. The normalized spacial score (nSPS) is 21.0. The number of thiophene rings is 1. The number of hydrogen-bond donors (Lipinski definition) is 2. The third-order valence-corrected chi connectivity index (χ3v) is 5.69. The van der Waals surface area contributed by atoms with Gasteiger partial charge in [0.25, 0.3) is 5.91 Å². The van der Waals surface area contributed by atoms with Gasteiger partial charge >= 0.3 is 0 Å². The molecule has 1 aromatic heterocycles. The van der Waals surface area contributed by atoms with E-state index >= 15 is 0 Å². The van der Waals surface area contributed by atoms with Crippen LogP contribution in [0.25, 0.3) is 0 Å². The number of likely N-dealkylation sites (tertiary alicyclic amines) is 1. The van der Waals surface area contributed by atoms with E-state index in [1.807, 2.05) is 22.4 Å². The number of amides is 2. The minimum atomic E-state index is -0.384. The number of nitrogens with one attached hydrogen (secondary N) is 2. The van der Waals surface area contributed by atoms with E-state index in [4.69, 9.17) is 0 Å². The lowest BCUT2D eigenvalue weighted by Crippen LogP contribution is -2.54. The van der Waals surface area contributed by atoms with Crippen LogP contribution in [-0.2, 0) is 4.79 Å². The van der Waals surface area contributed by atoms with Gasteiger partial charge in [-0.2, -0.15) is 0 Å². The van der Waals surface area contributed by atoms with Gasteiger partial charge in [0.15, 0.2) is 0 Å². The number of piperidine rings is 2. The maximum absolute atomic E-state index is 13.0. The standard InChI is InChI=1S/C17H25N3O2S/c21-16(14-5-4-12-23-14)19-15(13-6-8-18-9-7-13)17(22)20-10-2-1-3-11-20/h4-5,12-13,15,18H,1-3,6-11H2,(H,19,21). The topological polar surface area (TPSA) is 61.4 Å². The van der Waals surface area contributed by atoms with Gasteiger partial charge in [-0.25, -0.2) is 0 Å². The molecule has 0 radical (unpaired) electrons. The molecular formula is C17H25N3O2S. The van der Waals surface area contributed by atoms with Crippen molar-refractivity contribution in [2.45, 2.75) is 38.1 Å². The fourth-order valence-electron chi connectivity index (χ4n) is 3.49. The molecule has 0 aliphatic carbocycles. The molecule has 6 heteroatoms. The van der Waals surface area contributed by atoms with Crippen LogP contribution in [0.2, 0.25) is 0 Å². The Hall–Kier alpha value is -1.40. The lowest BCUT2D eigenvalue weighted by Gasteiger charge is -2.35. The maximum atomic E-state index is 13.0. The molecule has 0 spiro atoms. The van der Waals surface area contributed by atoms with Gasteiger partial charge in [0.05, 0.1) is 4.88 Å². The van der Waals surface area contributed by atoms with Gasteiger partial charge in [0.1, 0.15) is 6.04 Å². The summed E-state index contributed by atoms with van der Waals surface area (Å²) >= 11 is 1.42. The first-order valence-corrected chi connectivity index (χ1v) is 9.47. The molecule has 3 heterocycles. The Balaban J connectivity index is 1.72. The monoisotopic (exact) mass is 335 g/mol. The van der Waals surface area contributed by atoms with E-state index in [9.17, 15) is 9.59 Å². The molecule has 2 saturated heterocycles. The SMILES string of the molecule is O=C(NC(C(=O)N1CCCCC1)C1CCNCC1)c1cccs1. The van der Waals surface area contributed by atoms with E-state index in [1.54, 1.807) is 0 Å². The van der Waals surface area contributed by atoms with Gasteiger partial charge < -0.3 is 15.5 Å². The molecule has 2 aliphatic heterocycles. The molecule has 1 aromatic rings. The molecule has 1 atom stereocenters. The molecular weight excluding hydrogens is 310 g/mol. The average molecular weight is 335 g/mol. The van der Waals surface area contributed by atoms with Crippen LogP contribution in [0.1, 0.15) is 41.8 Å². The minimum absolute atomic E-state index is 0.113. The first-order chi connectivity index (χ1) is 11.3. The van der Waals surface area contributed by atoms with Crippen molar-refractivity contribution in [2.75, 3.05) is 26.2 Å². The van der Waals surface area contributed by atoms with Gasteiger partial charge in [-0.15, -0.1) is 11.3 Å². The number of hydrogen-bond acceptors (Lipinski definition) is 4. The Morgan fingerprint density at radius 2 is 1.96 bits per heavy atom. The molecule has 0 saturated carbocycles. The first kappa shape index (κ1) is 16.5. The fraction of sp³-hybridized carbons (Fsp3) is 0.647. The maximum Gasteiger partial charge on any atom is 0.262 e. The summed E-state index contributed by atoms with van der Waals surface area (Å²) in [5.74, 6) is 0.227. The van der Waals surface area contributed by atoms with Crippen LogP contribution in [0.3, 0.4) is 0 Å². The molecule has 2 fully saturated rings. The highest BCUT2D eigenvalue weighted by atomic mass is 32.1. The summed E-state index contributed by atoms with van der Waals surface area (Å²) < 4.78 is 0. The quantitative estimate of drug-likeness (QED) is 0.883. The van der Waals surface area contributed by atoms with E-state index in [0.717, 1.165) is 51.9 Å². The van der Waals surface area contributed by atoms with Crippen LogP contribution in [0, 0.1) is 5.92 Å². The Morgan fingerprint density at radius 1 is 1.22 bits per heavy atom. The van der Waals surface area contributed by atoms with Gasteiger partial charge in [-0.05, 0) is 62.6 Å². The predicted molar refractivity (Wildman–Crippen MR) is 91.6 cm³/mol. The largest absolute Gasteiger partial charge is 0.341 e. The first-order valence-electron chi connectivity index (χ1n) is 8.59. The smallest absolute Gasteiger partial charge is 0.262 e. The second-order valence-corrected chi connectivity index (χ2v) is 7.35. The van der Waals surface area contributed by atoms with E-state index < -0.39 is 0 Å². The van der Waals surface area contributed by atoms with Crippen molar-refractivity contribution in [2.24, 2.45) is 5.92 Å².